The zero-order valence-electron chi connectivity index (χ0n) is 18.3. The van der Waals surface area contributed by atoms with Crippen LogP contribution in [0.2, 0.25) is 0 Å². The summed E-state index contributed by atoms with van der Waals surface area (Å²) in [7, 11) is -3.72. The van der Waals surface area contributed by atoms with Gasteiger partial charge in [-0.15, -0.1) is 4.40 Å². The van der Waals surface area contributed by atoms with Crippen molar-refractivity contribution in [1.29, 1.82) is 0 Å². The van der Waals surface area contributed by atoms with Crippen molar-refractivity contribution >= 4 is 27.5 Å². The molecule has 0 radical (unpaired) electrons. The van der Waals surface area contributed by atoms with E-state index in [4.69, 9.17) is 4.74 Å². The molecule has 3 aromatic carbocycles. The third-order valence-corrected chi connectivity index (χ3v) is 6.69. The molecule has 6 nitrogen and oxygen atoms in total. The molecule has 32 heavy (non-hydrogen) atoms. The van der Waals surface area contributed by atoms with E-state index in [1.807, 2.05) is 45.9 Å². The molecule has 7 heteroatoms. The average molecular weight is 449 g/mol. The molecule has 0 atom stereocenters. The van der Waals surface area contributed by atoms with Gasteiger partial charge in [-0.25, -0.2) is 4.79 Å². The SMILES string of the molecule is Cc1ccc(C(=O)Oc2cc(C)c(NC3=NS(=O)(=O)c4ccccc43)cc2C(C)C)cc1. The topological polar surface area (TPSA) is 84.8 Å². The smallest absolute Gasteiger partial charge is 0.343 e. The van der Waals surface area contributed by atoms with E-state index in [1.54, 1.807) is 42.5 Å². The molecular weight excluding hydrogens is 424 g/mol. The number of benzene rings is 3. The fraction of sp³-hybridized carbons (Fsp3) is 0.200. The first-order chi connectivity index (χ1) is 15.2. The molecule has 0 amide bonds. The summed E-state index contributed by atoms with van der Waals surface area (Å²) < 4.78 is 34.4. The normalized spacial score (nSPS) is 14.1. The van der Waals surface area contributed by atoms with Gasteiger partial charge in [0.25, 0.3) is 10.0 Å². The van der Waals surface area contributed by atoms with E-state index in [-0.39, 0.29) is 16.6 Å². The number of fused-ring (bicyclic) bond motifs is 1. The molecule has 3 aromatic rings. The van der Waals surface area contributed by atoms with Crippen LogP contribution in [0.4, 0.5) is 5.69 Å². The Morgan fingerprint density at radius 1 is 1.00 bits per heavy atom. The van der Waals surface area contributed by atoms with Gasteiger partial charge in [-0.05, 0) is 67.3 Å². The quantitative estimate of drug-likeness (QED) is 0.438. The van der Waals surface area contributed by atoms with Gasteiger partial charge in [0.05, 0.1) is 5.56 Å². The number of sulfonamides is 1. The third kappa shape index (κ3) is 4.16. The van der Waals surface area contributed by atoms with Gasteiger partial charge >= 0.3 is 5.97 Å². The third-order valence-electron chi connectivity index (χ3n) is 5.35. The van der Waals surface area contributed by atoms with Crippen molar-refractivity contribution in [3.8, 4) is 5.75 Å². The zero-order valence-corrected chi connectivity index (χ0v) is 19.2. The van der Waals surface area contributed by atoms with Gasteiger partial charge in [0.15, 0.2) is 5.84 Å². The Kier molecular flexibility index (Phi) is 5.60. The number of anilines is 1. The van der Waals surface area contributed by atoms with Crippen LogP contribution in [0, 0.1) is 13.8 Å². The van der Waals surface area contributed by atoms with E-state index in [1.165, 1.54) is 0 Å². The highest BCUT2D eigenvalue weighted by Crippen LogP contribution is 2.34. The number of hydrogen-bond donors (Lipinski definition) is 1. The molecule has 0 fully saturated rings. The fourth-order valence-corrected chi connectivity index (χ4v) is 4.72. The number of nitrogens with zero attached hydrogens (tertiary/aromatic N) is 1. The number of rotatable bonds is 4. The summed E-state index contributed by atoms with van der Waals surface area (Å²) in [5.74, 6) is 0.406. The lowest BCUT2D eigenvalue weighted by atomic mass is 9.98. The number of aryl methyl sites for hydroxylation is 2. The van der Waals surface area contributed by atoms with Crippen LogP contribution in [0.1, 0.15) is 52.4 Å². The van der Waals surface area contributed by atoms with Crippen molar-refractivity contribution in [3.05, 3.63) is 88.5 Å². The number of amidine groups is 1. The highest BCUT2D eigenvalue weighted by atomic mass is 32.2. The predicted octanol–water partition coefficient (Wildman–Crippen LogP) is 5.21. The Bertz CT molecular complexity index is 1340. The Labute approximate surface area is 188 Å². The van der Waals surface area contributed by atoms with Crippen molar-refractivity contribution in [2.75, 3.05) is 5.32 Å². The molecule has 0 unspecified atom stereocenters. The minimum absolute atomic E-state index is 0.0681. The molecule has 1 heterocycles. The minimum Gasteiger partial charge on any atom is -0.423 e. The van der Waals surface area contributed by atoms with E-state index < -0.39 is 16.0 Å². The molecule has 4 rings (SSSR count). The summed E-state index contributed by atoms with van der Waals surface area (Å²) in [6.45, 7) is 7.83. The maximum absolute atomic E-state index is 12.7. The lowest BCUT2D eigenvalue weighted by Gasteiger charge is -2.18. The lowest BCUT2D eigenvalue weighted by Crippen LogP contribution is -2.14. The van der Waals surface area contributed by atoms with Gasteiger partial charge in [0.1, 0.15) is 10.6 Å². The van der Waals surface area contributed by atoms with Crippen molar-refractivity contribution in [3.63, 3.8) is 0 Å². The second-order valence-electron chi connectivity index (χ2n) is 8.15. The Morgan fingerprint density at radius 3 is 2.38 bits per heavy atom. The molecule has 1 aliphatic rings. The summed E-state index contributed by atoms with van der Waals surface area (Å²) in [6, 6.07) is 17.6. The number of hydrogen-bond acceptors (Lipinski definition) is 5. The molecule has 1 aliphatic heterocycles. The van der Waals surface area contributed by atoms with Gasteiger partial charge in [-0.2, -0.15) is 8.42 Å². The minimum atomic E-state index is -3.72. The van der Waals surface area contributed by atoms with Crippen LogP contribution < -0.4 is 10.1 Å². The summed E-state index contributed by atoms with van der Waals surface area (Å²) in [5.41, 5.74) is 4.41. The second kappa shape index (κ2) is 8.24. The number of esters is 1. The molecule has 0 aromatic heterocycles. The zero-order chi connectivity index (χ0) is 23.0. The summed E-state index contributed by atoms with van der Waals surface area (Å²) >= 11 is 0. The van der Waals surface area contributed by atoms with Crippen LogP contribution in [0.15, 0.2) is 70.0 Å². The monoisotopic (exact) mass is 448 g/mol. The Morgan fingerprint density at radius 2 is 1.69 bits per heavy atom. The molecule has 0 spiro atoms. The van der Waals surface area contributed by atoms with Gasteiger partial charge in [-0.1, -0.05) is 43.7 Å². The molecule has 0 aliphatic carbocycles. The van der Waals surface area contributed by atoms with Crippen LogP contribution in [0.25, 0.3) is 0 Å². The van der Waals surface area contributed by atoms with E-state index in [2.05, 4.69) is 9.71 Å². The van der Waals surface area contributed by atoms with Crippen molar-refractivity contribution in [1.82, 2.24) is 0 Å². The maximum atomic E-state index is 12.7. The van der Waals surface area contributed by atoms with Gasteiger partial charge in [0.2, 0.25) is 0 Å². The average Bonchev–Trinajstić information content (AvgIpc) is 3.00. The number of ether oxygens (including phenoxy) is 1. The van der Waals surface area contributed by atoms with Gasteiger partial charge < -0.3 is 10.1 Å². The number of carbonyl (C=O) groups is 1. The van der Waals surface area contributed by atoms with Gasteiger partial charge in [-0.3, -0.25) is 0 Å². The van der Waals surface area contributed by atoms with E-state index in [0.717, 1.165) is 16.7 Å². The number of nitrogens with one attached hydrogen (secondary N) is 1. The van der Waals surface area contributed by atoms with E-state index >= 15 is 0 Å². The lowest BCUT2D eigenvalue weighted by molar-refractivity contribution is 0.0732. The van der Waals surface area contributed by atoms with E-state index in [9.17, 15) is 13.2 Å². The standard InChI is InChI=1S/C25H24N2O4S/c1-15(2)20-14-21(26-24-19-7-5-6-8-23(19)32(29,30)27-24)17(4)13-22(20)31-25(28)18-11-9-16(3)10-12-18/h5-15H,1-4H3,(H,26,27). The molecular formula is C25H24N2O4S. The molecule has 0 saturated heterocycles. The summed E-state index contributed by atoms with van der Waals surface area (Å²) in [4.78, 5) is 12.8. The van der Waals surface area contributed by atoms with Crippen molar-refractivity contribution in [2.24, 2.45) is 4.40 Å². The Balaban J connectivity index is 1.67. The largest absolute Gasteiger partial charge is 0.423 e. The van der Waals surface area contributed by atoms with Crippen LogP contribution in [-0.2, 0) is 10.0 Å². The van der Waals surface area contributed by atoms with Crippen LogP contribution in [0.3, 0.4) is 0 Å². The highest BCUT2D eigenvalue weighted by Gasteiger charge is 2.29. The predicted molar refractivity (Wildman–Crippen MR) is 125 cm³/mol. The molecule has 0 saturated carbocycles. The van der Waals surface area contributed by atoms with Crippen LogP contribution >= 0.6 is 0 Å². The first-order valence-corrected chi connectivity index (χ1v) is 11.7. The maximum Gasteiger partial charge on any atom is 0.343 e. The highest BCUT2D eigenvalue weighted by molar-refractivity contribution is 7.90. The van der Waals surface area contributed by atoms with Crippen molar-refractivity contribution < 1.29 is 17.9 Å². The Hall–Kier alpha value is -3.45. The van der Waals surface area contributed by atoms with Crippen molar-refractivity contribution in [2.45, 2.75) is 38.5 Å². The van der Waals surface area contributed by atoms with Gasteiger partial charge in [0, 0.05) is 11.3 Å². The van der Waals surface area contributed by atoms with Crippen LogP contribution in [0.5, 0.6) is 5.75 Å². The molecule has 0 bridgehead atoms. The first-order valence-electron chi connectivity index (χ1n) is 10.3. The first kappa shape index (κ1) is 21.8. The molecule has 1 N–H and O–H groups in total. The van der Waals surface area contributed by atoms with Crippen LogP contribution in [-0.4, -0.2) is 20.2 Å². The summed E-state index contributed by atoms with van der Waals surface area (Å²) in [6.07, 6.45) is 0. The second-order valence-corrected chi connectivity index (χ2v) is 9.72. The number of carbonyl (C=O) groups excluding carboxylic acids is 1. The van der Waals surface area contributed by atoms with E-state index in [0.29, 0.717) is 22.6 Å². The molecule has 164 valence electrons. The fourth-order valence-electron chi connectivity index (χ4n) is 3.54. The summed E-state index contributed by atoms with van der Waals surface area (Å²) in [5, 5.41) is 3.17.